The van der Waals surface area contributed by atoms with E-state index >= 15 is 8.78 Å². The second-order valence-corrected chi connectivity index (χ2v) is 11.7. The monoisotopic (exact) mass is 520 g/mol. The summed E-state index contributed by atoms with van der Waals surface area (Å²) in [5, 5.41) is 8.84. The van der Waals surface area contributed by atoms with Crippen molar-refractivity contribution in [1.82, 2.24) is 0 Å². The molecular weight excluding hydrogens is 489 g/mol. The van der Waals surface area contributed by atoms with E-state index in [4.69, 9.17) is 23.6 Å². The number of halogens is 2. The highest BCUT2D eigenvalue weighted by Crippen LogP contribution is 2.66. The SMILES string of the molecule is CC(=CC(=O)O)c1ccc(C(F)(F)P(=O)(OCOC(=O)C(C)(C)C)OCOC(=O)C(C)(C)C)cc1. The van der Waals surface area contributed by atoms with Crippen LogP contribution in [0.25, 0.3) is 5.57 Å². The number of alkyl halides is 2. The average molecular weight is 520 g/mol. The van der Waals surface area contributed by atoms with Crippen LogP contribution in [-0.4, -0.2) is 36.6 Å². The summed E-state index contributed by atoms with van der Waals surface area (Å²) >= 11 is 0. The number of rotatable bonds is 10. The molecule has 1 rings (SSSR count). The largest absolute Gasteiger partial charge is 0.478 e. The number of allylic oxidation sites excluding steroid dienone is 1. The molecule has 0 unspecified atom stereocenters. The number of carbonyl (C=O) groups excluding carboxylic acids is 2. The van der Waals surface area contributed by atoms with E-state index in [1.165, 1.54) is 60.6 Å². The average Bonchev–Trinajstić information content (AvgIpc) is 2.71. The van der Waals surface area contributed by atoms with Gasteiger partial charge >= 0.3 is 31.2 Å². The highest BCUT2D eigenvalue weighted by Gasteiger charge is 2.56. The lowest BCUT2D eigenvalue weighted by Crippen LogP contribution is -2.27. The third-order valence-corrected chi connectivity index (χ3v) is 6.26. The number of esters is 2. The second kappa shape index (κ2) is 11.4. The lowest BCUT2D eigenvalue weighted by molar-refractivity contribution is -0.163. The molecule has 0 saturated heterocycles. The maximum Gasteiger partial charge on any atom is 0.410 e. The molecule has 0 aliphatic heterocycles. The smallest absolute Gasteiger partial charge is 0.410 e. The van der Waals surface area contributed by atoms with Crippen LogP contribution >= 0.6 is 7.60 Å². The molecule has 0 aromatic heterocycles. The fourth-order valence-corrected chi connectivity index (χ4v) is 3.54. The van der Waals surface area contributed by atoms with E-state index < -0.39 is 61.1 Å². The molecule has 0 radical (unpaired) electrons. The number of hydrogen-bond donors (Lipinski definition) is 1. The minimum atomic E-state index is -5.42. The summed E-state index contributed by atoms with van der Waals surface area (Å²) in [6.07, 6.45) is 0.900. The zero-order chi connectivity index (χ0) is 27.2. The first kappa shape index (κ1) is 30.4. The lowest BCUT2D eigenvalue weighted by Gasteiger charge is -2.27. The first-order valence-corrected chi connectivity index (χ1v) is 12.0. The molecule has 196 valence electrons. The maximum absolute atomic E-state index is 15.4. The van der Waals surface area contributed by atoms with E-state index in [9.17, 15) is 18.9 Å². The van der Waals surface area contributed by atoms with Crippen LogP contribution in [0.15, 0.2) is 30.3 Å². The third kappa shape index (κ3) is 8.52. The topological polar surface area (TPSA) is 125 Å². The highest BCUT2D eigenvalue weighted by molar-refractivity contribution is 7.54. The van der Waals surface area contributed by atoms with Gasteiger partial charge in [-0.25, -0.2) is 4.79 Å². The number of carbonyl (C=O) groups is 3. The van der Waals surface area contributed by atoms with Crippen LogP contribution in [-0.2, 0) is 43.1 Å². The van der Waals surface area contributed by atoms with Gasteiger partial charge in [0.25, 0.3) is 0 Å². The van der Waals surface area contributed by atoms with Gasteiger partial charge in [0.05, 0.1) is 10.8 Å². The molecule has 0 saturated carbocycles. The molecule has 0 aliphatic rings. The van der Waals surface area contributed by atoms with Gasteiger partial charge in [-0.15, -0.1) is 0 Å². The zero-order valence-electron chi connectivity index (χ0n) is 20.7. The molecule has 1 aromatic rings. The molecule has 1 N–H and O–H groups in total. The van der Waals surface area contributed by atoms with Gasteiger partial charge in [0, 0.05) is 11.6 Å². The van der Waals surface area contributed by atoms with Crippen molar-refractivity contribution in [3.8, 4) is 0 Å². The minimum Gasteiger partial charge on any atom is -0.478 e. The number of ether oxygens (including phenoxy) is 2. The van der Waals surface area contributed by atoms with Crippen LogP contribution in [0.4, 0.5) is 8.78 Å². The van der Waals surface area contributed by atoms with Gasteiger partial charge in [0.2, 0.25) is 13.6 Å². The van der Waals surface area contributed by atoms with Crippen molar-refractivity contribution in [3.63, 3.8) is 0 Å². The molecule has 0 heterocycles. The van der Waals surface area contributed by atoms with Gasteiger partial charge in [-0.2, -0.15) is 8.78 Å². The number of hydrogen-bond acceptors (Lipinski definition) is 8. The van der Waals surface area contributed by atoms with Crippen molar-refractivity contribution >= 4 is 31.1 Å². The first-order chi connectivity index (χ1) is 15.8. The van der Waals surface area contributed by atoms with E-state index in [-0.39, 0.29) is 0 Å². The summed E-state index contributed by atoms with van der Waals surface area (Å²) < 4.78 is 63.0. The molecule has 0 fully saturated rings. The fourth-order valence-electron chi connectivity index (χ4n) is 2.29. The van der Waals surface area contributed by atoms with Crippen molar-refractivity contribution in [3.05, 3.63) is 41.5 Å². The molecule has 0 amide bonds. The van der Waals surface area contributed by atoms with E-state index in [0.29, 0.717) is 11.1 Å². The molecule has 0 atom stereocenters. The Hall–Kier alpha value is -2.62. The molecule has 1 aromatic carbocycles. The zero-order valence-corrected chi connectivity index (χ0v) is 21.6. The maximum atomic E-state index is 15.4. The number of carboxylic acid groups (broad SMARTS) is 1. The van der Waals surface area contributed by atoms with Crippen molar-refractivity contribution in [1.29, 1.82) is 0 Å². The number of carboxylic acids is 1. The number of benzene rings is 1. The summed E-state index contributed by atoms with van der Waals surface area (Å²) in [6, 6.07) is 4.27. The predicted octanol–water partition coefficient (Wildman–Crippen LogP) is 5.54. The van der Waals surface area contributed by atoms with Gasteiger partial charge in [0.1, 0.15) is 0 Å². The van der Waals surface area contributed by atoms with Gasteiger partial charge in [-0.05, 0) is 59.6 Å². The van der Waals surface area contributed by atoms with E-state index in [2.05, 4.69) is 0 Å². The van der Waals surface area contributed by atoms with E-state index in [1.54, 1.807) is 0 Å². The Morgan fingerprint density at radius 3 is 1.63 bits per heavy atom. The Morgan fingerprint density at radius 2 is 1.29 bits per heavy atom. The summed E-state index contributed by atoms with van der Waals surface area (Å²) in [4.78, 5) is 34.7. The molecular formula is C23H31F2O9P. The molecule has 12 heteroatoms. The van der Waals surface area contributed by atoms with Crippen LogP contribution < -0.4 is 0 Å². The molecule has 0 bridgehead atoms. The molecule has 9 nitrogen and oxygen atoms in total. The molecule has 35 heavy (non-hydrogen) atoms. The minimum absolute atomic E-state index is 0.297. The normalized spacial score (nSPS) is 13.3. The van der Waals surface area contributed by atoms with Crippen molar-refractivity contribution < 1.29 is 51.4 Å². The fraction of sp³-hybridized carbons (Fsp3) is 0.522. The first-order valence-electron chi connectivity index (χ1n) is 10.4. The summed E-state index contributed by atoms with van der Waals surface area (Å²) in [5.74, 6) is -2.80. The van der Waals surface area contributed by atoms with Crippen LogP contribution in [0.5, 0.6) is 0 Å². The Balaban J connectivity index is 3.21. The van der Waals surface area contributed by atoms with Crippen LogP contribution in [0, 0.1) is 10.8 Å². The highest BCUT2D eigenvalue weighted by atomic mass is 31.2. The molecule has 0 spiro atoms. The van der Waals surface area contributed by atoms with Crippen LogP contribution in [0.2, 0.25) is 0 Å². The van der Waals surface area contributed by atoms with E-state index in [0.717, 1.165) is 18.2 Å². The standard InChI is InChI=1S/C23H31F2O9P/c1-15(12-18(26)27)16-8-10-17(11-9-16)23(24,25)35(30,33-13-31-19(28)21(2,3)4)34-14-32-20(29)22(5,6)7/h8-12H,13-14H2,1-7H3,(H,26,27). The van der Waals surface area contributed by atoms with E-state index in [1.807, 2.05) is 0 Å². The van der Waals surface area contributed by atoms with Gasteiger partial charge in [-0.3, -0.25) is 23.2 Å². The van der Waals surface area contributed by atoms with Gasteiger partial charge < -0.3 is 14.6 Å². The third-order valence-electron chi connectivity index (χ3n) is 4.42. The van der Waals surface area contributed by atoms with Crippen molar-refractivity contribution in [2.45, 2.75) is 54.1 Å². The summed E-state index contributed by atoms with van der Waals surface area (Å²) in [7, 11) is -5.42. The summed E-state index contributed by atoms with van der Waals surface area (Å²) in [6.45, 7) is 8.41. The summed E-state index contributed by atoms with van der Waals surface area (Å²) in [5.41, 5.74) is -6.35. The Morgan fingerprint density at radius 1 is 0.886 bits per heavy atom. The van der Waals surface area contributed by atoms with Gasteiger partial charge in [-0.1, -0.05) is 24.3 Å². The predicted molar refractivity (Wildman–Crippen MR) is 122 cm³/mol. The van der Waals surface area contributed by atoms with Crippen LogP contribution in [0.3, 0.4) is 0 Å². The lowest BCUT2D eigenvalue weighted by atomic mass is 9.98. The quantitative estimate of drug-likeness (QED) is 0.183. The Kier molecular flexibility index (Phi) is 9.91. The second-order valence-electron chi connectivity index (χ2n) is 9.64. The molecule has 0 aliphatic carbocycles. The van der Waals surface area contributed by atoms with Crippen LogP contribution in [0.1, 0.15) is 59.6 Å². The Bertz CT molecular complexity index is 967. The van der Waals surface area contributed by atoms with Crippen molar-refractivity contribution in [2.75, 3.05) is 13.6 Å². The van der Waals surface area contributed by atoms with Crippen molar-refractivity contribution in [2.24, 2.45) is 10.8 Å². The van der Waals surface area contributed by atoms with Gasteiger partial charge in [0.15, 0.2) is 0 Å². The number of aliphatic carboxylic acids is 1. The Labute approximate surface area is 202 Å².